The predicted octanol–water partition coefficient (Wildman–Crippen LogP) is 4.16. The fourth-order valence-electron chi connectivity index (χ4n) is 2.71. The second-order valence-corrected chi connectivity index (χ2v) is 5.14. The van der Waals surface area contributed by atoms with E-state index in [1.54, 1.807) is 0 Å². The van der Waals surface area contributed by atoms with Crippen molar-refractivity contribution in [3.8, 4) is 28.4 Å². The minimum Gasteiger partial charge on any atom is -0.507 e. The monoisotopic (exact) mass is 286 g/mol. The number of hydrogen-bond acceptors (Lipinski definition) is 3. The van der Waals surface area contributed by atoms with Crippen LogP contribution in [0.2, 0.25) is 0 Å². The number of phenolic OH excluding ortho intramolecular Hbond substituents is 3. The molecule has 0 aliphatic carbocycles. The van der Waals surface area contributed by atoms with E-state index in [0.717, 1.165) is 12.0 Å². The van der Waals surface area contributed by atoms with E-state index in [1.165, 1.54) is 5.56 Å². The molecule has 0 radical (unpaired) electrons. The molecule has 0 saturated heterocycles. The van der Waals surface area contributed by atoms with Gasteiger partial charge in [-0.1, -0.05) is 45.0 Å². The van der Waals surface area contributed by atoms with Gasteiger partial charge in [-0.3, -0.25) is 0 Å². The zero-order valence-electron chi connectivity index (χ0n) is 12.8. The third-order valence-corrected chi connectivity index (χ3v) is 3.98. The zero-order valence-corrected chi connectivity index (χ0v) is 12.8. The first kappa shape index (κ1) is 15.2. The Kier molecular flexibility index (Phi) is 4.41. The molecule has 0 aliphatic heterocycles. The van der Waals surface area contributed by atoms with Crippen molar-refractivity contribution in [2.75, 3.05) is 0 Å². The van der Waals surface area contributed by atoms with Gasteiger partial charge in [-0.05, 0) is 30.4 Å². The normalized spacial score (nSPS) is 10.8. The summed E-state index contributed by atoms with van der Waals surface area (Å²) >= 11 is 0. The van der Waals surface area contributed by atoms with Crippen molar-refractivity contribution >= 4 is 0 Å². The Labute approximate surface area is 125 Å². The van der Waals surface area contributed by atoms with Gasteiger partial charge in [0.1, 0.15) is 5.75 Å². The van der Waals surface area contributed by atoms with Crippen LogP contribution >= 0.6 is 0 Å². The molecule has 3 heteroatoms. The maximum Gasteiger partial charge on any atom is 0.166 e. The second kappa shape index (κ2) is 6.08. The second-order valence-electron chi connectivity index (χ2n) is 5.14. The summed E-state index contributed by atoms with van der Waals surface area (Å²) in [4.78, 5) is 0. The quantitative estimate of drug-likeness (QED) is 0.584. The van der Waals surface area contributed by atoms with E-state index in [0.29, 0.717) is 29.5 Å². The largest absolute Gasteiger partial charge is 0.507 e. The van der Waals surface area contributed by atoms with Gasteiger partial charge in [-0.25, -0.2) is 0 Å². The lowest BCUT2D eigenvalue weighted by Crippen LogP contribution is -1.96. The van der Waals surface area contributed by atoms with Crippen LogP contribution in [0.15, 0.2) is 24.3 Å². The Balaban J connectivity index is 2.72. The summed E-state index contributed by atoms with van der Waals surface area (Å²) in [5.41, 5.74) is 3.60. The molecule has 0 aliphatic rings. The molecular weight excluding hydrogens is 264 g/mol. The minimum absolute atomic E-state index is 0.0878. The van der Waals surface area contributed by atoms with Crippen LogP contribution in [0.25, 0.3) is 11.1 Å². The fraction of sp³-hybridized carbons (Fsp3) is 0.333. The number of hydrogen-bond donors (Lipinski definition) is 3. The summed E-state index contributed by atoms with van der Waals surface area (Å²) in [7, 11) is 0. The molecule has 0 atom stereocenters. The van der Waals surface area contributed by atoms with Gasteiger partial charge in [-0.2, -0.15) is 0 Å². The molecule has 2 aromatic carbocycles. The van der Waals surface area contributed by atoms with E-state index in [1.807, 2.05) is 38.1 Å². The highest BCUT2D eigenvalue weighted by Crippen LogP contribution is 2.47. The van der Waals surface area contributed by atoms with Crippen LogP contribution in [0, 0.1) is 0 Å². The maximum absolute atomic E-state index is 10.4. The third-order valence-electron chi connectivity index (χ3n) is 3.98. The molecule has 0 heterocycles. The number of aromatic hydroxyl groups is 3. The highest BCUT2D eigenvalue weighted by atomic mass is 16.3. The minimum atomic E-state index is -0.221. The Morgan fingerprint density at radius 1 is 0.667 bits per heavy atom. The van der Waals surface area contributed by atoms with Crippen LogP contribution in [0.3, 0.4) is 0 Å². The Hall–Kier alpha value is -2.16. The average molecular weight is 286 g/mol. The standard InChI is InChI=1S/C18H22O3/c1-4-11-7-9-12(10-8-11)15-13(5-2)16(19)14(6-3)17(20)18(15)21/h7-10,19-21H,4-6H2,1-3H3. The molecule has 0 amide bonds. The molecular formula is C18H22O3. The molecule has 2 rings (SSSR count). The summed E-state index contributed by atoms with van der Waals surface area (Å²) in [5.74, 6) is -0.280. The highest BCUT2D eigenvalue weighted by Gasteiger charge is 2.22. The highest BCUT2D eigenvalue weighted by molar-refractivity contribution is 5.81. The summed E-state index contributed by atoms with van der Waals surface area (Å²) in [5, 5.41) is 30.9. The van der Waals surface area contributed by atoms with Gasteiger partial charge in [0.2, 0.25) is 0 Å². The molecule has 0 unspecified atom stereocenters. The van der Waals surface area contributed by atoms with Crippen molar-refractivity contribution in [1.82, 2.24) is 0 Å². The summed E-state index contributed by atoms with van der Waals surface area (Å²) < 4.78 is 0. The lowest BCUT2D eigenvalue weighted by molar-refractivity contribution is 0.389. The van der Waals surface area contributed by atoms with Gasteiger partial charge in [0.05, 0.1) is 0 Å². The lowest BCUT2D eigenvalue weighted by atomic mass is 9.91. The van der Waals surface area contributed by atoms with E-state index >= 15 is 0 Å². The first-order chi connectivity index (χ1) is 10.0. The molecule has 3 N–H and O–H groups in total. The molecule has 0 spiro atoms. The maximum atomic E-state index is 10.4. The van der Waals surface area contributed by atoms with Crippen molar-refractivity contribution < 1.29 is 15.3 Å². The number of benzene rings is 2. The van der Waals surface area contributed by atoms with Crippen molar-refractivity contribution in [3.63, 3.8) is 0 Å². The molecule has 21 heavy (non-hydrogen) atoms. The van der Waals surface area contributed by atoms with E-state index < -0.39 is 0 Å². The first-order valence-electron chi connectivity index (χ1n) is 7.42. The zero-order chi connectivity index (χ0) is 15.6. The van der Waals surface area contributed by atoms with Crippen LogP contribution in [-0.4, -0.2) is 15.3 Å². The number of aryl methyl sites for hydroxylation is 1. The van der Waals surface area contributed by atoms with Crippen LogP contribution in [0.4, 0.5) is 0 Å². The Bertz CT molecular complexity index is 643. The van der Waals surface area contributed by atoms with Crippen molar-refractivity contribution in [1.29, 1.82) is 0 Å². The van der Waals surface area contributed by atoms with E-state index in [9.17, 15) is 15.3 Å². The predicted molar refractivity (Wildman–Crippen MR) is 85.0 cm³/mol. The molecule has 2 aromatic rings. The van der Waals surface area contributed by atoms with E-state index in [-0.39, 0.29) is 17.2 Å². The molecule has 0 bridgehead atoms. The van der Waals surface area contributed by atoms with Crippen LogP contribution in [0.1, 0.15) is 37.5 Å². The first-order valence-corrected chi connectivity index (χ1v) is 7.42. The molecule has 0 fully saturated rings. The molecule has 112 valence electrons. The van der Waals surface area contributed by atoms with Crippen LogP contribution < -0.4 is 0 Å². The number of rotatable bonds is 4. The molecule has 0 aromatic heterocycles. The van der Waals surface area contributed by atoms with Gasteiger partial charge in [0, 0.05) is 16.7 Å². The van der Waals surface area contributed by atoms with Gasteiger partial charge in [0.15, 0.2) is 11.5 Å². The molecule has 0 saturated carbocycles. The van der Waals surface area contributed by atoms with Gasteiger partial charge < -0.3 is 15.3 Å². The third kappa shape index (κ3) is 2.56. The topological polar surface area (TPSA) is 60.7 Å². The smallest absolute Gasteiger partial charge is 0.166 e. The SMILES string of the molecule is CCc1ccc(-c2c(O)c(O)c(CC)c(O)c2CC)cc1. The number of phenols is 3. The Morgan fingerprint density at radius 3 is 1.71 bits per heavy atom. The fourth-order valence-corrected chi connectivity index (χ4v) is 2.71. The summed E-state index contributed by atoms with van der Waals surface area (Å²) in [6.45, 7) is 5.84. The van der Waals surface area contributed by atoms with E-state index in [4.69, 9.17) is 0 Å². The summed E-state index contributed by atoms with van der Waals surface area (Å²) in [6.07, 6.45) is 1.99. The van der Waals surface area contributed by atoms with Gasteiger partial charge in [0.25, 0.3) is 0 Å². The van der Waals surface area contributed by atoms with Gasteiger partial charge >= 0.3 is 0 Å². The average Bonchev–Trinajstić information content (AvgIpc) is 2.51. The van der Waals surface area contributed by atoms with Crippen molar-refractivity contribution in [3.05, 3.63) is 41.0 Å². The van der Waals surface area contributed by atoms with Crippen LogP contribution in [-0.2, 0) is 19.3 Å². The van der Waals surface area contributed by atoms with E-state index in [2.05, 4.69) is 6.92 Å². The van der Waals surface area contributed by atoms with Gasteiger partial charge in [-0.15, -0.1) is 0 Å². The van der Waals surface area contributed by atoms with Crippen molar-refractivity contribution in [2.24, 2.45) is 0 Å². The molecule has 3 nitrogen and oxygen atoms in total. The Morgan fingerprint density at radius 2 is 1.24 bits per heavy atom. The summed E-state index contributed by atoms with van der Waals surface area (Å²) in [6, 6.07) is 7.82. The lowest BCUT2D eigenvalue weighted by Gasteiger charge is -2.17. The van der Waals surface area contributed by atoms with Crippen LogP contribution in [0.5, 0.6) is 17.2 Å². The van der Waals surface area contributed by atoms with Crippen molar-refractivity contribution in [2.45, 2.75) is 40.0 Å².